The van der Waals surface area contributed by atoms with Crippen LogP contribution < -0.4 is 5.32 Å². The first-order valence-corrected chi connectivity index (χ1v) is 9.42. The Morgan fingerprint density at radius 1 is 1.40 bits per heavy atom. The number of hydrogen-bond donors (Lipinski definition) is 1. The van der Waals surface area contributed by atoms with Gasteiger partial charge in [-0.15, -0.1) is 22.7 Å². The minimum absolute atomic E-state index is 0.298. The van der Waals surface area contributed by atoms with Gasteiger partial charge in [-0.3, -0.25) is 0 Å². The molecule has 0 radical (unpaired) electrons. The maximum absolute atomic E-state index is 12.4. The predicted molar refractivity (Wildman–Crippen MR) is 82.5 cm³/mol. The van der Waals surface area contributed by atoms with Crippen LogP contribution >= 0.6 is 22.7 Å². The van der Waals surface area contributed by atoms with Crippen molar-refractivity contribution in [2.45, 2.75) is 24.2 Å². The Morgan fingerprint density at radius 3 is 2.85 bits per heavy atom. The van der Waals surface area contributed by atoms with E-state index in [0.29, 0.717) is 17.3 Å². The molecule has 0 fully saturated rings. The zero-order valence-electron chi connectivity index (χ0n) is 11.4. The molecule has 0 saturated carbocycles. The number of thiophene rings is 1. The van der Waals surface area contributed by atoms with E-state index >= 15 is 0 Å². The van der Waals surface area contributed by atoms with Crippen molar-refractivity contribution < 1.29 is 8.42 Å². The molecule has 0 saturated heterocycles. The molecule has 0 amide bonds. The largest absolute Gasteiger partial charge is 0.313 e. The summed E-state index contributed by atoms with van der Waals surface area (Å²) >= 11 is 2.72. The van der Waals surface area contributed by atoms with Gasteiger partial charge < -0.3 is 5.32 Å². The summed E-state index contributed by atoms with van der Waals surface area (Å²) in [6.45, 7) is 3.87. The van der Waals surface area contributed by atoms with Gasteiger partial charge in [0.1, 0.15) is 4.21 Å². The van der Waals surface area contributed by atoms with Crippen LogP contribution in [0, 0.1) is 0 Å². The van der Waals surface area contributed by atoms with E-state index in [4.69, 9.17) is 0 Å². The zero-order valence-corrected chi connectivity index (χ0v) is 13.8. The van der Waals surface area contributed by atoms with Crippen molar-refractivity contribution in [1.82, 2.24) is 14.6 Å². The van der Waals surface area contributed by atoms with Crippen LogP contribution in [0.4, 0.5) is 0 Å². The fourth-order valence-corrected chi connectivity index (χ4v) is 4.74. The Hall–Kier alpha value is -0.800. The van der Waals surface area contributed by atoms with E-state index in [1.54, 1.807) is 18.6 Å². The lowest BCUT2D eigenvalue weighted by Crippen LogP contribution is -2.26. The topological polar surface area (TPSA) is 62.3 Å². The molecule has 20 heavy (non-hydrogen) atoms. The van der Waals surface area contributed by atoms with Crippen molar-refractivity contribution >= 4 is 32.7 Å². The highest BCUT2D eigenvalue weighted by molar-refractivity contribution is 7.91. The molecular formula is C12H17N3O2S3. The number of sulfonamides is 1. The fraction of sp³-hybridized carbons (Fsp3) is 0.417. The Morgan fingerprint density at radius 2 is 2.20 bits per heavy atom. The van der Waals surface area contributed by atoms with Crippen LogP contribution in [0.15, 0.2) is 26.5 Å². The normalized spacial score (nSPS) is 12.2. The molecule has 8 heteroatoms. The quantitative estimate of drug-likeness (QED) is 0.844. The van der Waals surface area contributed by atoms with Gasteiger partial charge in [0.25, 0.3) is 10.0 Å². The van der Waals surface area contributed by atoms with E-state index in [0.717, 1.165) is 17.8 Å². The van der Waals surface area contributed by atoms with Crippen LogP contribution in [0.2, 0.25) is 0 Å². The third-order valence-corrected chi connectivity index (χ3v) is 6.64. The first-order chi connectivity index (χ1) is 9.54. The van der Waals surface area contributed by atoms with Gasteiger partial charge in [0.2, 0.25) is 0 Å². The van der Waals surface area contributed by atoms with Crippen molar-refractivity contribution in [2.75, 3.05) is 13.6 Å². The first-order valence-electron chi connectivity index (χ1n) is 6.15. The monoisotopic (exact) mass is 331 g/mol. The third-order valence-electron chi connectivity index (χ3n) is 2.74. The first kappa shape index (κ1) is 15.6. The van der Waals surface area contributed by atoms with Crippen LogP contribution in [0.5, 0.6) is 0 Å². The highest BCUT2D eigenvalue weighted by Gasteiger charge is 2.23. The lowest BCUT2D eigenvalue weighted by molar-refractivity contribution is 0.464. The Kier molecular flexibility index (Phi) is 5.28. The van der Waals surface area contributed by atoms with Crippen LogP contribution in [-0.4, -0.2) is 31.3 Å². The van der Waals surface area contributed by atoms with Crippen molar-refractivity contribution in [3.63, 3.8) is 0 Å². The average molecular weight is 331 g/mol. The maximum atomic E-state index is 12.4. The third kappa shape index (κ3) is 3.64. The predicted octanol–water partition coefficient (Wildman–Crippen LogP) is 2.13. The molecule has 2 aromatic heterocycles. The van der Waals surface area contributed by atoms with Gasteiger partial charge in [-0.05, 0) is 23.6 Å². The highest BCUT2D eigenvalue weighted by Crippen LogP contribution is 2.24. The molecule has 0 atom stereocenters. The molecule has 0 bridgehead atoms. The average Bonchev–Trinajstić information content (AvgIpc) is 3.07. The molecule has 5 nitrogen and oxygen atoms in total. The molecule has 0 unspecified atom stereocenters. The van der Waals surface area contributed by atoms with Gasteiger partial charge in [-0.1, -0.05) is 6.92 Å². The summed E-state index contributed by atoms with van der Waals surface area (Å²) in [6.07, 6.45) is 0. The fourth-order valence-electron chi connectivity index (χ4n) is 1.63. The second-order valence-corrected chi connectivity index (χ2v) is 8.20. The lowest BCUT2D eigenvalue weighted by atomic mass is 10.3. The molecule has 0 aliphatic heterocycles. The molecule has 110 valence electrons. The molecule has 2 aromatic rings. The van der Waals surface area contributed by atoms with Crippen molar-refractivity contribution in [2.24, 2.45) is 0 Å². The highest BCUT2D eigenvalue weighted by atomic mass is 32.2. The second kappa shape index (κ2) is 6.77. The Balaban J connectivity index is 2.10. The van der Waals surface area contributed by atoms with Gasteiger partial charge in [-0.25, -0.2) is 13.4 Å². The second-order valence-electron chi connectivity index (χ2n) is 4.30. The van der Waals surface area contributed by atoms with E-state index in [1.807, 2.05) is 17.7 Å². The van der Waals surface area contributed by atoms with E-state index in [9.17, 15) is 8.42 Å². The van der Waals surface area contributed by atoms with Crippen LogP contribution in [-0.2, 0) is 23.1 Å². The summed E-state index contributed by atoms with van der Waals surface area (Å²) in [6, 6.07) is 1.74. The molecule has 0 aromatic carbocycles. The lowest BCUT2D eigenvalue weighted by Gasteiger charge is -2.14. The van der Waals surface area contributed by atoms with Crippen LogP contribution in [0.25, 0.3) is 0 Å². The molecule has 2 rings (SSSR count). The Bertz CT molecular complexity index is 635. The SMILES string of the molecule is CCNCc1csc(S(=O)(=O)N(C)Cc2cscn2)c1. The van der Waals surface area contributed by atoms with Gasteiger partial charge >= 0.3 is 0 Å². The number of nitrogens with one attached hydrogen (secondary N) is 1. The van der Waals surface area contributed by atoms with Crippen molar-refractivity contribution in [1.29, 1.82) is 0 Å². The van der Waals surface area contributed by atoms with Crippen LogP contribution in [0.1, 0.15) is 18.2 Å². The number of nitrogens with zero attached hydrogens (tertiary/aromatic N) is 2. The van der Waals surface area contributed by atoms with Gasteiger partial charge in [0.05, 0.1) is 17.7 Å². The number of rotatable bonds is 7. The summed E-state index contributed by atoms with van der Waals surface area (Å²) in [5.41, 5.74) is 3.47. The van der Waals surface area contributed by atoms with Gasteiger partial charge in [0.15, 0.2) is 0 Å². The maximum Gasteiger partial charge on any atom is 0.252 e. The summed E-state index contributed by atoms with van der Waals surface area (Å²) in [5, 5.41) is 6.92. The van der Waals surface area contributed by atoms with Crippen molar-refractivity contribution in [3.05, 3.63) is 33.6 Å². The molecular weight excluding hydrogens is 314 g/mol. The molecule has 2 heterocycles. The standard InChI is InChI=1S/C12H17N3O2S3/c1-3-13-5-10-4-12(19-7-10)20(16,17)15(2)6-11-8-18-9-14-11/h4,7-9,13H,3,5-6H2,1-2H3. The summed E-state index contributed by atoms with van der Waals surface area (Å²) in [7, 11) is -1.85. The zero-order chi connectivity index (χ0) is 14.6. The van der Waals surface area contributed by atoms with E-state index < -0.39 is 10.0 Å². The number of hydrogen-bond acceptors (Lipinski definition) is 6. The van der Waals surface area contributed by atoms with Crippen molar-refractivity contribution in [3.8, 4) is 0 Å². The minimum atomic E-state index is -3.43. The smallest absolute Gasteiger partial charge is 0.252 e. The summed E-state index contributed by atoms with van der Waals surface area (Å²) in [5.74, 6) is 0. The number of thiazole rings is 1. The number of aromatic nitrogens is 1. The van der Waals surface area contributed by atoms with E-state index in [-0.39, 0.29) is 0 Å². The van der Waals surface area contributed by atoms with E-state index in [2.05, 4.69) is 10.3 Å². The Labute approximate surface area is 127 Å². The minimum Gasteiger partial charge on any atom is -0.313 e. The summed E-state index contributed by atoms with van der Waals surface area (Å²) < 4.78 is 26.6. The molecule has 0 spiro atoms. The molecule has 1 N–H and O–H groups in total. The van der Waals surface area contributed by atoms with E-state index in [1.165, 1.54) is 27.0 Å². The molecule has 0 aliphatic carbocycles. The van der Waals surface area contributed by atoms with Gasteiger partial charge in [0, 0.05) is 19.0 Å². The summed E-state index contributed by atoms with van der Waals surface area (Å²) in [4.78, 5) is 4.11. The van der Waals surface area contributed by atoms with Gasteiger partial charge in [-0.2, -0.15) is 4.31 Å². The van der Waals surface area contributed by atoms with Crippen LogP contribution in [0.3, 0.4) is 0 Å². The molecule has 0 aliphatic rings.